The maximum Gasteiger partial charge on any atom is 0.0900 e. The maximum atomic E-state index is 4.59. The number of aryl methyl sites for hydroxylation is 2. The average Bonchev–Trinajstić information content (AvgIpc) is 2.70. The summed E-state index contributed by atoms with van der Waals surface area (Å²) >= 11 is 1.78. The normalized spacial score (nSPS) is 12.6. The fourth-order valence-corrected chi connectivity index (χ4v) is 3.04. The highest BCUT2D eigenvalue weighted by Crippen LogP contribution is 2.22. The third-order valence-corrected chi connectivity index (χ3v) is 3.96. The minimum Gasteiger partial charge on any atom is -0.308 e. The summed E-state index contributed by atoms with van der Waals surface area (Å²) in [5.41, 5.74) is 2.58. The van der Waals surface area contributed by atoms with Crippen LogP contribution in [-0.4, -0.2) is 11.5 Å². The molecule has 0 bridgehead atoms. The number of thiazole rings is 1. The van der Waals surface area contributed by atoms with Gasteiger partial charge in [-0.15, -0.1) is 11.3 Å². The van der Waals surface area contributed by atoms with E-state index in [4.69, 9.17) is 0 Å². The number of aromatic nitrogens is 1. The Hall–Kier alpha value is -1.19. The van der Waals surface area contributed by atoms with Gasteiger partial charge in [0.1, 0.15) is 0 Å². The summed E-state index contributed by atoms with van der Waals surface area (Å²) in [5, 5.41) is 4.70. The fraction of sp³-hybridized carbons (Fsp3) is 0.400. The van der Waals surface area contributed by atoms with E-state index in [-0.39, 0.29) is 0 Å². The second-order valence-corrected chi connectivity index (χ2v) is 5.99. The summed E-state index contributed by atoms with van der Waals surface area (Å²) in [4.78, 5) is 5.92. The molecule has 0 radical (unpaired) electrons. The van der Waals surface area contributed by atoms with Crippen LogP contribution in [-0.2, 0) is 6.42 Å². The molecule has 0 aliphatic carbocycles. The van der Waals surface area contributed by atoms with Gasteiger partial charge in [-0.25, -0.2) is 4.98 Å². The largest absolute Gasteiger partial charge is 0.308 e. The highest BCUT2D eigenvalue weighted by atomic mass is 32.1. The Bertz CT molecular complexity index is 490. The van der Waals surface area contributed by atoms with E-state index in [0.717, 1.165) is 18.0 Å². The Morgan fingerprint density at radius 1 is 1.22 bits per heavy atom. The fourth-order valence-electron chi connectivity index (χ4n) is 2.12. The van der Waals surface area contributed by atoms with Crippen LogP contribution in [0, 0.1) is 13.8 Å². The topological polar surface area (TPSA) is 24.9 Å². The number of benzene rings is 1. The lowest BCUT2D eigenvalue weighted by atomic mass is 10.1. The van der Waals surface area contributed by atoms with Crippen LogP contribution < -0.4 is 5.32 Å². The SMILES string of the molecule is Cc1nc(C(C)NCCc2ccccc2)c(C)s1. The molecule has 0 aliphatic rings. The summed E-state index contributed by atoms with van der Waals surface area (Å²) in [6.07, 6.45) is 1.06. The van der Waals surface area contributed by atoms with Gasteiger partial charge in [0.15, 0.2) is 0 Å². The minimum atomic E-state index is 0.332. The minimum absolute atomic E-state index is 0.332. The lowest BCUT2D eigenvalue weighted by molar-refractivity contribution is 0.563. The molecule has 18 heavy (non-hydrogen) atoms. The van der Waals surface area contributed by atoms with Crippen molar-refractivity contribution in [1.82, 2.24) is 10.3 Å². The standard InChI is InChI=1S/C15H20N2S/c1-11(15-12(2)18-13(3)17-15)16-10-9-14-7-5-4-6-8-14/h4-8,11,16H,9-10H2,1-3H3. The Labute approximate surface area is 113 Å². The van der Waals surface area contributed by atoms with E-state index in [2.05, 4.69) is 61.4 Å². The lowest BCUT2D eigenvalue weighted by Crippen LogP contribution is -2.22. The molecule has 0 spiro atoms. The van der Waals surface area contributed by atoms with Gasteiger partial charge in [0, 0.05) is 10.9 Å². The second-order valence-electron chi connectivity index (χ2n) is 4.59. The van der Waals surface area contributed by atoms with Crippen LogP contribution in [0.25, 0.3) is 0 Å². The van der Waals surface area contributed by atoms with Crippen molar-refractivity contribution in [2.45, 2.75) is 33.2 Å². The van der Waals surface area contributed by atoms with Crippen molar-refractivity contribution in [2.75, 3.05) is 6.54 Å². The number of hydrogen-bond acceptors (Lipinski definition) is 3. The van der Waals surface area contributed by atoms with Gasteiger partial charge in [0.05, 0.1) is 10.7 Å². The highest BCUT2D eigenvalue weighted by Gasteiger charge is 2.11. The van der Waals surface area contributed by atoms with Crippen molar-refractivity contribution < 1.29 is 0 Å². The zero-order chi connectivity index (χ0) is 13.0. The van der Waals surface area contributed by atoms with Gasteiger partial charge in [-0.1, -0.05) is 30.3 Å². The van der Waals surface area contributed by atoms with Gasteiger partial charge >= 0.3 is 0 Å². The first-order valence-corrected chi connectivity index (χ1v) is 7.19. The van der Waals surface area contributed by atoms with Crippen molar-refractivity contribution in [2.24, 2.45) is 0 Å². The first-order chi connectivity index (χ1) is 8.66. The molecule has 2 aromatic rings. The van der Waals surface area contributed by atoms with E-state index in [1.165, 1.54) is 16.1 Å². The van der Waals surface area contributed by atoms with Gasteiger partial charge in [0.2, 0.25) is 0 Å². The van der Waals surface area contributed by atoms with Gasteiger partial charge in [-0.05, 0) is 39.3 Å². The van der Waals surface area contributed by atoms with E-state index in [1.807, 2.05) is 0 Å². The third-order valence-electron chi connectivity index (χ3n) is 3.06. The smallest absolute Gasteiger partial charge is 0.0900 e. The Balaban J connectivity index is 1.85. The molecule has 1 atom stereocenters. The first-order valence-electron chi connectivity index (χ1n) is 6.38. The maximum absolute atomic E-state index is 4.59. The van der Waals surface area contributed by atoms with Crippen molar-refractivity contribution in [3.63, 3.8) is 0 Å². The van der Waals surface area contributed by atoms with E-state index in [0.29, 0.717) is 6.04 Å². The summed E-state index contributed by atoms with van der Waals surface area (Å²) in [6.45, 7) is 7.39. The van der Waals surface area contributed by atoms with Crippen LogP contribution in [0.4, 0.5) is 0 Å². The second kappa shape index (κ2) is 6.12. The molecule has 0 aliphatic heterocycles. The van der Waals surface area contributed by atoms with Crippen LogP contribution in [0.1, 0.15) is 34.1 Å². The third kappa shape index (κ3) is 3.40. The molecule has 1 heterocycles. The molecule has 2 rings (SSSR count). The summed E-state index contributed by atoms with van der Waals surface area (Å²) < 4.78 is 0. The van der Waals surface area contributed by atoms with Crippen molar-refractivity contribution >= 4 is 11.3 Å². The molecule has 1 unspecified atom stereocenters. The quantitative estimate of drug-likeness (QED) is 0.887. The Morgan fingerprint density at radius 2 is 1.94 bits per heavy atom. The first kappa shape index (κ1) is 13.2. The summed E-state index contributed by atoms with van der Waals surface area (Å²) in [7, 11) is 0. The van der Waals surface area contributed by atoms with E-state index < -0.39 is 0 Å². The summed E-state index contributed by atoms with van der Waals surface area (Å²) in [5.74, 6) is 0. The average molecular weight is 260 g/mol. The van der Waals surface area contributed by atoms with Crippen molar-refractivity contribution in [3.8, 4) is 0 Å². The molecule has 1 aromatic heterocycles. The van der Waals surface area contributed by atoms with E-state index in [9.17, 15) is 0 Å². The van der Waals surface area contributed by atoms with Crippen molar-refractivity contribution in [3.05, 3.63) is 51.5 Å². The van der Waals surface area contributed by atoms with Gasteiger partial charge < -0.3 is 5.32 Å². The monoisotopic (exact) mass is 260 g/mol. The molecule has 1 N–H and O–H groups in total. The van der Waals surface area contributed by atoms with Crippen LogP contribution in [0.2, 0.25) is 0 Å². The number of rotatable bonds is 5. The highest BCUT2D eigenvalue weighted by molar-refractivity contribution is 7.11. The van der Waals surface area contributed by atoms with Crippen LogP contribution in [0.3, 0.4) is 0 Å². The molecular formula is C15H20N2S. The van der Waals surface area contributed by atoms with E-state index >= 15 is 0 Å². The zero-order valence-corrected chi connectivity index (χ0v) is 12.1. The van der Waals surface area contributed by atoms with Gasteiger partial charge in [-0.3, -0.25) is 0 Å². The van der Waals surface area contributed by atoms with Crippen LogP contribution >= 0.6 is 11.3 Å². The van der Waals surface area contributed by atoms with Crippen LogP contribution in [0.15, 0.2) is 30.3 Å². The lowest BCUT2D eigenvalue weighted by Gasteiger charge is -2.12. The van der Waals surface area contributed by atoms with Gasteiger partial charge in [-0.2, -0.15) is 0 Å². The molecule has 0 saturated heterocycles. The summed E-state index contributed by atoms with van der Waals surface area (Å²) in [6, 6.07) is 10.9. The molecule has 0 saturated carbocycles. The zero-order valence-electron chi connectivity index (χ0n) is 11.2. The molecule has 3 heteroatoms. The van der Waals surface area contributed by atoms with Crippen molar-refractivity contribution in [1.29, 1.82) is 0 Å². The molecule has 1 aromatic carbocycles. The van der Waals surface area contributed by atoms with Crippen LogP contribution in [0.5, 0.6) is 0 Å². The Morgan fingerprint density at radius 3 is 2.56 bits per heavy atom. The Kier molecular flexibility index (Phi) is 4.50. The molecule has 2 nitrogen and oxygen atoms in total. The number of nitrogens with one attached hydrogen (secondary N) is 1. The number of nitrogens with zero attached hydrogens (tertiary/aromatic N) is 1. The predicted molar refractivity (Wildman–Crippen MR) is 78.2 cm³/mol. The number of hydrogen-bond donors (Lipinski definition) is 1. The molecule has 0 fully saturated rings. The molecular weight excluding hydrogens is 240 g/mol. The predicted octanol–water partition coefficient (Wildman–Crippen LogP) is 3.65. The molecule has 96 valence electrons. The van der Waals surface area contributed by atoms with E-state index in [1.54, 1.807) is 11.3 Å². The molecule has 0 amide bonds. The van der Waals surface area contributed by atoms with Gasteiger partial charge in [0.25, 0.3) is 0 Å².